The smallest absolute Gasteiger partial charge is 0.249 e. The molecule has 2 aliphatic carbocycles. The van der Waals surface area contributed by atoms with Gasteiger partial charge in [0.15, 0.2) is 0 Å². The molecule has 3 aliphatic heterocycles. The van der Waals surface area contributed by atoms with Crippen LogP contribution in [-0.2, 0) is 16.0 Å². The minimum absolute atomic E-state index is 0.0832. The largest absolute Gasteiger partial charge is 0.508 e. The van der Waals surface area contributed by atoms with Crippen LogP contribution in [0.4, 0.5) is 15.8 Å². The third-order valence-electron chi connectivity index (χ3n) is 14.1. The normalized spacial score (nSPS) is 24.1. The maximum atomic E-state index is 16.4. The van der Waals surface area contributed by atoms with Gasteiger partial charge in [-0.1, -0.05) is 48.5 Å². The molecule has 57 heavy (non-hydrogen) atoms. The zero-order valence-corrected chi connectivity index (χ0v) is 33.0. The van der Waals surface area contributed by atoms with Crippen molar-refractivity contribution >= 4 is 23.2 Å². The molecule has 9 rings (SSSR count). The lowest BCUT2D eigenvalue weighted by molar-refractivity contribution is -0.133. The second-order valence-corrected chi connectivity index (χ2v) is 17.6. The van der Waals surface area contributed by atoms with Crippen LogP contribution in [0.2, 0.25) is 0 Å². The van der Waals surface area contributed by atoms with Crippen LogP contribution in [0.15, 0.2) is 84.9 Å². The minimum atomic E-state index is -0.363. The van der Waals surface area contributed by atoms with Crippen molar-refractivity contribution in [3.63, 3.8) is 0 Å². The number of ether oxygens (including phenoxy) is 1. The quantitative estimate of drug-likeness (QED) is 0.147. The van der Waals surface area contributed by atoms with Crippen molar-refractivity contribution in [2.45, 2.75) is 88.0 Å². The second kappa shape index (κ2) is 15.8. The Morgan fingerprint density at radius 2 is 1.60 bits per heavy atom. The number of phenolic OH excluding ortho intramolecular Hbond substituents is 1. The summed E-state index contributed by atoms with van der Waals surface area (Å²) in [5.41, 5.74) is 7.66. The van der Waals surface area contributed by atoms with Gasteiger partial charge in [-0.2, -0.15) is 0 Å². The lowest BCUT2D eigenvalue weighted by Crippen LogP contribution is -2.50. The Hall–Kier alpha value is -4.89. The first-order valence-corrected chi connectivity index (χ1v) is 21.2. The van der Waals surface area contributed by atoms with Crippen LogP contribution in [0.1, 0.15) is 103 Å². The van der Waals surface area contributed by atoms with Crippen LogP contribution < -0.4 is 20.3 Å². The molecule has 9 heteroatoms. The Balaban J connectivity index is 0.785. The molecule has 4 aromatic carbocycles. The molecule has 0 aromatic heterocycles. The zero-order valence-electron chi connectivity index (χ0n) is 33.0. The van der Waals surface area contributed by atoms with E-state index in [-0.39, 0.29) is 41.3 Å². The lowest BCUT2D eigenvalue weighted by atomic mass is 9.57. The van der Waals surface area contributed by atoms with Crippen molar-refractivity contribution in [1.82, 2.24) is 10.2 Å². The van der Waals surface area contributed by atoms with Gasteiger partial charge in [0, 0.05) is 49.3 Å². The average molecular weight is 771 g/mol. The van der Waals surface area contributed by atoms with E-state index in [0.717, 1.165) is 98.7 Å². The van der Waals surface area contributed by atoms with Gasteiger partial charge in [0.25, 0.3) is 0 Å². The van der Waals surface area contributed by atoms with Crippen molar-refractivity contribution < 1.29 is 23.8 Å². The molecule has 2 amide bonds. The summed E-state index contributed by atoms with van der Waals surface area (Å²) in [7, 11) is 1.70. The van der Waals surface area contributed by atoms with E-state index < -0.39 is 0 Å². The standard InChI is InChI=1S/C48H55FN4O4/c1-57-44-27-43(41(49)26-40(44)46-38(34-5-3-2-4-6-34)13-9-35-25-37(54)12-14-39(35)46)53-23-19-48(20-24-53)28-31(29-48)30-52-21-17-33(18-22-52)32-7-10-36(11-8-32)50-42-15-16-45(55)51-47(42)56/h2-8,10-12,14,25-27,31,33,38,42,46,50,54H,9,13,15-24,28-30H2,1H3,(H,51,55,56)/t38-,42-,46+/m0/s1. The number of carbonyl (C=O) groups excluding carboxylic acids is 2. The SMILES string of the molecule is COc1cc(N2CCC3(CC2)CC(CN2CCC(c4ccc(N[C@H]5CCC(=O)NC5=O)cc4)CC2)C3)c(F)cc1[C@H]1c2ccc(O)cc2CC[C@H]1c1ccccc1. The fourth-order valence-electron chi connectivity index (χ4n) is 11.1. The van der Waals surface area contributed by atoms with Crippen LogP contribution in [-0.4, -0.2) is 67.7 Å². The number of anilines is 2. The van der Waals surface area contributed by atoms with Crippen LogP contribution in [0.5, 0.6) is 11.5 Å². The second-order valence-electron chi connectivity index (χ2n) is 17.6. The predicted octanol–water partition coefficient (Wildman–Crippen LogP) is 8.50. The van der Waals surface area contributed by atoms with E-state index >= 15 is 4.39 Å². The Kier molecular flexibility index (Phi) is 10.4. The number of fused-ring (bicyclic) bond motifs is 1. The van der Waals surface area contributed by atoms with Crippen molar-refractivity contribution in [2.75, 3.05) is 50.1 Å². The van der Waals surface area contributed by atoms with Crippen molar-refractivity contribution in [3.8, 4) is 11.5 Å². The molecular weight excluding hydrogens is 716 g/mol. The molecule has 3 atom stereocenters. The van der Waals surface area contributed by atoms with Gasteiger partial charge >= 0.3 is 0 Å². The summed E-state index contributed by atoms with van der Waals surface area (Å²) in [6.45, 7) is 5.13. The fraction of sp³-hybridized carbons (Fsp3) is 0.458. The number of likely N-dealkylation sites (tertiary alicyclic amines) is 1. The number of benzene rings is 4. The number of aromatic hydroxyl groups is 1. The maximum absolute atomic E-state index is 16.4. The number of carbonyl (C=O) groups is 2. The number of hydrogen-bond acceptors (Lipinski definition) is 7. The molecule has 3 saturated heterocycles. The Labute approximate surface area is 335 Å². The van der Waals surface area contributed by atoms with E-state index in [2.05, 4.69) is 69.0 Å². The number of methoxy groups -OCH3 is 1. The number of halogens is 1. The number of rotatable bonds is 9. The molecule has 1 spiro atoms. The molecule has 5 aliphatic rings. The van der Waals surface area contributed by atoms with Crippen LogP contribution in [0, 0.1) is 17.2 Å². The highest BCUT2D eigenvalue weighted by Gasteiger charge is 2.46. The third kappa shape index (κ3) is 7.75. The summed E-state index contributed by atoms with van der Waals surface area (Å²) >= 11 is 0. The van der Waals surface area contributed by atoms with Crippen LogP contribution >= 0.6 is 0 Å². The summed E-state index contributed by atoms with van der Waals surface area (Å²) in [6.07, 6.45) is 9.71. The summed E-state index contributed by atoms with van der Waals surface area (Å²) < 4.78 is 22.4. The highest BCUT2D eigenvalue weighted by molar-refractivity contribution is 6.01. The fourth-order valence-corrected chi connectivity index (χ4v) is 11.1. The number of piperidine rings is 3. The van der Waals surface area contributed by atoms with Gasteiger partial charge in [0.1, 0.15) is 23.4 Å². The number of hydrogen-bond donors (Lipinski definition) is 3. The monoisotopic (exact) mass is 770 g/mol. The zero-order chi connectivity index (χ0) is 39.1. The van der Waals surface area contributed by atoms with Crippen molar-refractivity contribution in [3.05, 3.63) is 119 Å². The molecule has 4 fully saturated rings. The van der Waals surface area contributed by atoms with Crippen molar-refractivity contribution in [1.29, 1.82) is 0 Å². The van der Waals surface area contributed by atoms with E-state index in [1.807, 2.05) is 24.3 Å². The molecule has 298 valence electrons. The third-order valence-corrected chi connectivity index (χ3v) is 14.1. The van der Waals surface area contributed by atoms with E-state index in [0.29, 0.717) is 29.9 Å². The van der Waals surface area contributed by atoms with Gasteiger partial charge in [0.05, 0.1) is 12.8 Å². The minimum Gasteiger partial charge on any atom is -0.508 e. The van der Waals surface area contributed by atoms with Crippen LogP contribution in [0.3, 0.4) is 0 Å². The Bertz CT molecular complexity index is 2080. The number of nitrogens with zero attached hydrogens (tertiary/aromatic N) is 2. The van der Waals surface area contributed by atoms with E-state index in [1.165, 1.54) is 30.5 Å². The Morgan fingerprint density at radius 3 is 2.32 bits per heavy atom. The lowest BCUT2D eigenvalue weighted by Gasteiger charge is -2.54. The number of nitrogens with one attached hydrogen (secondary N) is 2. The molecule has 3 N–H and O–H groups in total. The predicted molar refractivity (Wildman–Crippen MR) is 222 cm³/mol. The molecule has 8 nitrogen and oxygen atoms in total. The molecular formula is C48H55FN4O4. The number of amides is 2. The van der Waals surface area contributed by atoms with Gasteiger partial charge in [-0.25, -0.2) is 4.39 Å². The molecule has 0 radical (unpaired) electrons. The summed E-state index contributed by atoms with van der Waals surface area (Å²) in [6, 6.07) is 28.0. The van der Waals surface area contributed by atoms with Crippen LogP contribution in [0.25, 0.3) is 0 Å². The molecule has 4 aromatic rings. The summed E-state index contributed by atoms with van der Waals surface area (Å²) in [5.74, 6) is 1.74. The van der Waals surface area contributed by atoms with Gasteiger partial charge in [0.2, 0.25) is 11.8 Å². The summed E-state index contributed by atoms with van der Waals surface area (Å²) in [4.78, 5) is 28.5. The first kappa shape index (κ1) is 37.7. The highest BCUT2D eigenvalue weighted by Crippen LogP contribution is 2.54. The topological polar surface area (TPSA) is 94.1 Å². The van der Waals surface area contributed by atoms with Gasteiger partial charge in [-0.05, 0) is 147 Å². The molecule has 1 saturated carbocycles. The summed E-state index contributed by atoms with van der Waals surface area (Å²) in [5, 5.41) is 16.0. The first-order chi connectivity index (χ1) is 27.7. The number of phenols is 1. The first-order valence-electron chi connectivity index (χ1n) is 21.2. The molecule has 0 bridgehead atoms. The molecule has 3 heterocycles. The van der Waals surface area contributed by atoms with Gasteiger partial charge < -0.3 is 25.0 Å². The highest BCUT2D eigenvalue weighted by atomic mass is 19.1. The van der Waals surface area contributed by atoms with E-state index in [4.69, 9.17) is 4.74 Å². The van der Waals surface area contributed by atoms with E-state index in [1.54, 1.807) is 19.2 Å². The molecule has 0 unspecified atom stereocenters. The average Bonchev–Trinajstić information content (AvgIpc) is 3.22. The van der Waals surface area contributed by atoms with Gasteiger partial charge in [-0.15, -0.1) is 0 Å². The van der Waals surface area contributed by atoms with Gasteiger partial charge in [-0.3, -0.25) is 14.9 Å². The number of aryl methyl sites for hydroxylation is 1. The van der Waals surface area contributed by atoms with E-state index in [9.17, 15) is 14.7 Å². The van der Waals surface area contributed by atoms with Crippen molar-refractivity contribution in [2.24, 2.45) is 11.3 Å². The number of imide groups is 1. The maximum Gasteiger partial charge on any atom is 0.249 e. The Morgan fingerprint density at radius 1 is 0.842 bits per heavy atom.